The molecule has 0 spiro atoms. The van der Waals surface area contributed by atoms with Gasteiger partial charge >= 0.3 is 0 Å². The molecule has 5 nitrogen and oxygen atoms in total. The molecular formula is C16H13Cl2FN2O3. The van der Waals surface area contributed by atoms with Gasteiger partial charge in [-0.05, 0) is 29.8 Å². The molecule has 2 rings (SSSR count). The molecule has 0 unspecified atom stereocenters. The minimum absolute atomic E-state index is 0.00530. The van der Waals surface area contributed by atoms with Crippen LogP contribution in [0.3, 0.4) is 0 Å². The molecule has 2 amide bonds. The van der Waals surface area contributed by atoms with Crippen molar-refractivity contribution in [3.8, 4) is 5.75 Å². The molecule has 0 aliphatic rings. The third-order valence-corrected chi connectivity index (χ3v) is 3.62. The molecule has 0 fully saturated rings. The minimum Gasteiger partial charge on any atom is -0.481 e. The van der Waals surface area contributed by atoms with E-state index in [9.17, 15) is 14.0 Å². The minimum atomic E-state index is -0.624. The van der Waals surface area contributed by atoms with E-state index in [1.54, 1.807) is 24.3 Å². The summed E-state index contributed by atoms with van der Waals surface area (Å²) in [5, 5.41) is 0.726. The molecule has 0 heterocycles. The number of rotatable bonds is 5. The van der Waals surface area contributed by atoms with Crippen molar-refractivity contribution in [1.29, 1.82) is 0 Å². The van der Waals surface area contributed by atoms with E-state index < -0.39 is 24.2 Å². The zero-order chi connectivity index (χ0) is 17.5. The molecule has 0 saturated heterocycles. The Morgan fingerprint density at radius 3 is 2.42 bits per heavy atom. The molecule has 2 N–H and O–H groups in total. The van der Waals surface area contributed by atoms with Crippen LogP contribution >= 0.6 is 23.2 Å². The zero-order valence-electron chi connectivity index (χ0n) is 12.3. The first-order chi connectivity index (χ1) is 11.5. The van der Waals surface area contributed by atoms with E-state index in [-0.39, 0.29) is 12.2 Å². The smallest absolute Gasteiger partial charge is 0.276 e. The van der Waals surface area contributed by atoms with Gasteiger partial charge in [-0.1, -0.05) is 41.4 Å². The fraction of sp³-hybridized carbons (Fsp3) is 0.125. The van der Waals surface area contributed by atoms with Crippen molar-refractivity contribution in [3.05, 3.63) is 63.9 Å². The van der Waals surface area contributed by atoms with Crippen LogP contribution < -0.4 is 15.6 Å². The number of ether oxygens (including phenoxy) is 1. The summed E-state index contributed by atoms with van der Waals surface area (Å²) >= 11 is 11.6. The molecule has 2 aromatic rings. The molecule has 0 atom stereocenters. The lowest BCUT2D eigenvalue weighted by Crippen LogP contribution is -2.44. The van der Waals surface area contributed by atoms with Crippen molar-refractivity contribution in [2.75, 3.05) is 6.61 Å². The third kappa shape index (κ3) is 5.40. The SMILES string of the molecule is O=C(COc1ccccc1F)NNC(=O)Cc1ccc(Cl)c(Cl)c1. The van der Waals surface area contributed by atoms with E-state index in [1.165, 1.54) is 18.2 Å². The van der Waals surface area contributed by atoms with E-state index in [0.717, 1.165) is 0 Å². The summed E-state index contributed by atoms with van der Waals surface area (Å²) in [5.41, 5.74) is 5.04. The number of amides is 2. The number of hydrogen-bond acceptors (Lipinski definition) is 3. The molecule has 24 heavy (non-hydrogen) atoms. The second-order valence-electron chi connectivity index (χ2n) is 4.74. The maximum atomic E-state index is 13.3. The first-order valence-electron chi connectivity index (χ1n) is 6.84. The quantitative estimate of drug-likeness (QED) is 0.795. The number of nitrogens with one attached hydrogen (secondary N) is 2. The highest BCUT2D eigenvalue weighted by Crippen LogP contribution is 2.22. The summed E-state index contributed by atoms with van der Waals surface area (Å²) in [6.45, 7) is -0.437. The zero-order valence-corrected chi connectivity index (χ0v) is 13.8. The van der Waals surface area contributed by atoms with Gasteiger partial charge in [0, 0.05) is 0 Å². The molecule has 8 heteroatoms. The van der Waals surface area contributed by atoms with Crippen molar-refractivity contribution >= 4 is 35.0 Å². The summed E-state index contributed by atoms with van der Waals surface area (Å²) in [6, 6.07) is 10.5. The number of hydrazine groups is 1. The maximum absolute atomic E-state index is 13.3. The van der Waals surface area contributed by atoms with Crippen molar-refractivity contribution in [2.45, 2.75) is 6.42 Å². The monoisotopic (exact) mass is 370 g/mol. The van der Waals surface area contributed by atoms with E-state index >= 15 is 0 Å². The van der Waals surface area contributed by atoms with Gasteiger partial charge < -0.3 is 4.74 Å². The van der Waals surface area contributed by atoms with Crippen molar-refractivity contribution < 1.29 is 18.7 Å². The lowest BCUT2D eigenvalue weighted by atomic mass is 10.1. The summed E-state index contributed by atoms with van der Waals surface area (Å²) in [7, 11) is 0. The van der Waals surface area contributed by atoms with Gasteiger partial charge in [0.2, 0.25) is 5.91 Å². The molecule has 0 bridgehead atoms. The van der Waals surface area contributed by atoms with Crippen molar-refractivity contribution in [2.24, 2.45) is 0 Å². The van der Waals surface area contributed by atoms with Crippen LogP contribution in [0.4, 0.5) is 4.39 Å². The van der Waals surface area contributed by atoms with Gasteiger partial charge in [0.1, 0.15) is 0 Å². The molecule has 0 aliphatic carbocycles. The summed E-state index contributed by atoms with van der Waals surface area (Å²) in [6.07, 6.45) is 0.00530. The highest BCUT2D eigenvalue weighted by Gasteiger charge is 2.09. The second kappa shape index (κ2) is 8.52. The Morgan fingerprint density at radius 1 is 1.00 bits per heavy atom. The van der Waals surface area contributed by atoms with Gasteiger partial charge in [0.25, 0.3) is 5.91 Å². The summed E-state index contributed by atoms with van der Waals surface area (Å²) in [4.78, 5) is 23.3. The summed E-state index contributed by atoms with van der Waals surface area (Å²) in [5.74, 6) is -1.70. The van der Waals surface area contributed by atoms with Crippen LogP contribution in [-0.2, 0) is 16.0 Å². The number of hydrogen-bond donors (Lipinski definition) is 2. The van der Waals surface area contributed by atoms with Crippen LogP contribution in [-0.4, -0.2) is 18.4 Å². The highest BCUT2D eigenvalue weighted by atomic mass is 35.5. The largest absolute Gasteiger partial charge is 0.481 e. The average molecular weight is 371 g/mol. The second-order valence-corrected chi connectivity index (χ2v) is 5.56. The van der Waals surface area contributed by atoms with Crippen LogP contribution in [0.2, 0.25) is 10.0 Å². The maximum Gasteiger partial charge on any atom is 0.276 e. The fourth-order valence-corrected chi connectivity index (χ4v) is 2.08. The predicted molar refractivity (Wildman–Crippen MR) is 88.3 cm³/mol. The molecule has 126 valence electrons. The van der Waals surface area contributed by atoms with E-state index in [4.69, 9.17) is 27.9 Å². The Bertz CT molecular complexity index is 756. The van der Waals surface area contributed by atoms with E-state index in [1.807, 2.05) is 0 Å². The lowest BCUT2D eigenvalue weighted by Gasteiger charge is -2.09. The number of carbonyl (C=O) groups is 2. The summed E-state index contributed by atoms with van der Waals surface area (Å²) < 4.78 is 18.3. The van der Waals surface area contributed by atoms with Crippen LogP contribution in [0.15, 0.2) is 42.5 Å². The number of carbonyl (C=O) groups excluding carboxylic acids is 2. The molecule has 0 saturated carbocycles. The van der Waals surface area contributed by atoms with Gasteiger partial charge in [-0.15, -0.1) is 0 Å². The van der Waals surface area contributed by atoms with Gasteiger partial charge in [0.05, 0.1) is 16.5 Å². The van der Waals surface area contributed by atoms with Gasteiger partial charge in [-0.3, -0.25) is 20.4 Å². The topological polar surface area (TPSA) is 67.4 Å². The molecule has 0 radical (unpaired) electrons. The van der Waals surface area contributed by atoms with Crippen LogP contribution in [0.1, 0.15) is 5.56 Å². The molecule has 0 aliphatic heterocycles. The normalized spacial score (nSPS) is 10.1. The van der Waals surface area contributed by atoms with Gasteiger partial charge in [0.15, 0.2) is 18.2 Å². The Hall–Kier alpha value is -2.31. The van der Waals surface area contributed by atoms with Crippen molar-refractivity contribution in [1.82, 2.24) is 10.9 Å². The third-order valence-electron chi connectivity index (χ3n) is 2.89. The predicted octanol–water partition coefficient (Wildman–Crippen LogP) is 2.90. The first kappa shape index (κ1) is 18.0. The molecule has 0 aromatic heterocycles. The molecule has 2 aromatic carbocycles. The highest BCUT2D eigenvalue weighted by molar-refractivity contribution is 6.42. The Balaban J connectivity index is 1.76. The number of benzene rings is 2. The van der Waals surface area contributed by atoms with Crippen LogP contribution in [0.25, 0.3) is 0 Å². The fourth-order valence-electron chi connectivity index (χ4n) is 1.76. The first-order valence-corrected chi connectivity index (χ1v) is 7.60. The molecular weight excluding hydrogens is 358 g/mol. The number of halogens is 3. The lowest BCUT2D eigenvalue weighted by molar-refractivity contribution is -0.129. The van der Waals surface area contributed by atoms with Crippen molar-refractivity contribution in [3.63, 3.8) is 0 Å². The Kier molecular flexibility index (Phi) is 6.40. The number of para-hydroxylation sites is 1. The van der Waals surface area contributed by atoms with Gasteiger partial charge in [-0.25, -0.2) is 4.39 Å². The van der Waals surface area contributed by atoms with Crippen LogP contribution in [0.5, 0.6) is 5.75 Å². The Morgan fingerprint density at radius 2 is 1.71 bits per heavy atom. The standard InChI is InChI=1S/C16H13Cl2FN2O3/c17-11-6-5-10(7-12(11)18)8-15(22)20-21-16(23)9-24-14-4-2-1-3-13(14)19/h1-7H,8-9H2,(H,20,22)(H,21,23). The van der Waals surface area contributed by atoms with E-state index in [0.29, 0.717) is 15.6 Å². The van der Waals surface area contributed by atoms with Crippen LogP contribution in [0, 0.1) is 5.82 Å². The van der Waals surface area contributed by atoms with E-state index in [2.05, 4.69) is 10.9 Å². The van der Waals surface area contributed by atoms with Gasteiger partial charge in [-0.2, -0.15) is 0 Å². The Labute approximate surface area is 147 Å². The average Bonchev–Trinajstić information content (AvgIpc) is 2.55.